The molecule has 1 aliphatic rings. The van der Waals surface area contributed by atoms with Crippen LogP contribution in [-0.4, -0.2) is 50.0 Å². The van der Waals surface area contributed by atoms with Crippen LogP contribution in [0.1, 0.15) is 19.3 Å². The molecule has 0 spiro atoms. The third-order valence-corrected chi connectivity index (χ3v) is 2.38. The van der Waals surface area contributed by atoms with Crippen molar-refractivity contribution in [2.75, 3.05) is 32.9 Å². The lowest BCUT2D eigenvalue weighted by Gasteiger charge is -2.10. The van der Waals surface area contributed by atoms with Crippen molar-refractivity contribution < 1.29 is 14.6 Å². The molecule has 1 heterocycles. The lowest BCUT2D eigenvalue weighted by atomic mass is 10.2. The molecule has 1 atom stereocenters. The van der Waals surface area contributed by atoms with Gasteiger partial charge in [-0.3, -0.25) is 4.79 Å². The fourth-order valence-electron chi connectivity index (χ4n) is 1.58. The minimum Gasteiger partial charge on any atom is -0.394 e. The molecular formula is C10H20N2O3. The summed E-state index contributed by atoms with van der Waals surface area (Å²) in [7, 11) is 0. The first-order valence-corrected chi connectivity index (χ1v) is 5.54. The van der Waals surface area contributed by atoms with E-state index in [2.05, 4.69) is 10.6 Å². The SMILES string of the molecule is O=C(NCCCOCCO)[C@@H]1CCCN1. The van der Waals surface area contributed by atoms with E-state index in [1.807, 2.05) is 0 Å². The topological polar surface area (TPSA) is 70.6 Å². The molecule has 0 unspecified atom stereocenters. The van der Waals surface area contributed by atoms with Crippen LogP contribution in [-0.2, 0) is 9.53 Å². The maximum Gasteiger partial charge on any atom is 0.237 e. The first kappa shape index (κ1) is 12.4. The van der Waals surface area contributed by atoms with Crippen LogP contribution in [0.2, 0.25) is 0 Å². The van der Waals surface area contributed by atoms with Crippen LogP contribution in [0.4, 0.5) is 0 Å². The smallest absolute Gasteiger partial charge is 0.237 e. The van der Waals surface area contributed by atoms with Crippen molar-refractivity contribution in [1.82, 2.24) is 10.6 Å². The van der Waals surface area contributed by atoms with Gasteiger partial charge in [-0.05, 0) is 25.8 Å². The minimum absolute atomic E-state index is 0.00311. The predicted molar refractivity (Wildman–Crippen MR) is 56.6 cm³/mol. The van der Waals surface area contributed by atoms with E-state index in [-0.39, 0.29) is 18.6 Å². The van der Waals surface area contributed by atoms with E-state index < -0.39 is 0 Å². The van der Waals surface area contributed by atoms with Gasteiger partial charge < -0.3 is 20.5 Å². The summed E-state index contributed by atoms with van der Waals surface area (Å²) >= 11 is 0. The minimum atomic E-state index is 0.00311. The lowest BCUT2D eigenvalue weighted by Crippen LogP contribution is -2.40. The van der Waals surface area contributed by atoms with Crippen LogP contribution in [0.15, 0.2) is 0 Å². The van der Waals surface area contributed by atoms with Crippen molar-refractivity contribution in [3.05, 3.63) is 0 Å². The average molecular weight is 216 g/mol. The Morgan fingerprint density at radius 3 is 3.07 bits per heavy atom. The summed E-state index contributed by atoms with van der Waals surface area (Å²) < 4.78 is 5.07. The summed E-state index contributed by atoms with van der Waals surface area (Å²) in [5.41, 5.74) is 0. The molecule has 0 aromatic heterocycles. The number of aliphatic hydroxyl groups is 1. The Bertz CT molecular complexity index is 182. The van der Waals surface area contributed by atoms with Crippen LogP contribution < -0.4 is 10.6 Å². The second-order valence-corrected chi connectivity index (χ2v) is 3.63. The number of hydrogen-bond donors (Lipinski definition) is 3. The standard InChI is InChI=1S/C10H20N2O3/c13-6-8-15-7-2-5-12-10(14)9-3-1-4-11-9/h9,11,13H,1-8H2,(H,12,14)/t9-/m0/s1. The van der Waals surface area contributed by atoms with Crippen molar-refractivity contribution in [3.8, 4) is 0 Å². The molecule has 0 aromatic rings. The largest absolute Gasteiger partial charge is 0.394 e. The molecular weight excluding hydrogens is 196 g/mol. The molecule has 88 valence electrons. The summed E-state index contributed by atoms with van der Waals surface area (Å²) in [4.78, 5) is 11.5. The van der Waals surface area contributed by atoms with E-state index in [4.69, 9.17) is 9.84 Å². The van der Waals surface area contributed by atoms with Crippen LogP contribution >= 0.6 is 0 Å². The Kier molecular flexibility index (Phi) is 6.31. The number of carbonyl (C=O) groups excluding carboxylic acids is 1. The highest BCUT2D eigenvalue weighted by atomic mass is 16.5. The molecule has 5 nitrogen and oxygen atoms in total. The maximum absolute atomic E-state index is 11.5. The van der Waals surface area contributed by atoms with Crippen LogP contribution in [0.3, 0.4) is 0 Å². The molecule has 5 heteroatoms. The second kappa shape index (κ2) is 7.62. The highest BCUT2D eigenvalue weighted by molar-refractivity contribution is 5.81. The number of nitrogens with one attached hydrogen (secondary N) is 2. The molecule has 0 radical (unpaired) electrons. The van der Waals surface area contributed by atoms with Crippen molar-refractivity contribution in [2.24, 2.45) is 0 Å². The third kappa shape index (κ3) is 5.11. The van der Waals surface area contributed by atoms with Crippen molar-refractivity contribution in [1.29, 1.82) is 0 Å². The van der Waals surface area contributed by atoms with Gasteiger partial charge in [-0.25, -0.2) is 0 Å². The van der Waals surface area contributed by atoms with E-state index in [9.17, 15) is 4.79 Å². The fourth-order valence-corrected chi connectivity index (χ4v) is 1.58. The van der Waals surface area contributed by atoms with Gasteiger partial charge in [-0.2, -0.15) is 0 Å². The molecule has 3 N–H and O–H groups in total. The Labute approximate surface area is 90.2 Å². The summed E-state index contributed by atoms with van der Waals surface area (Å²) in [5, 5.41) is 14.5. The number of carbonyl (C=O) groups is 1. The van der Waals surface area contributed by atoms with Gasteiger partial charge in [0.1, 0.15) is 0 Å². The van der Waals surface area contributed by atoms with Crippen LogP contribution in [0.25, 0.3) is 0 Å². The summed E-state index contributed by atoms with van der Waals surface area (Å²) in [5.74, 6) is 0.0923. The highest BCUT2D eigenvalue weighted by Crippen LogP contribution is 2.04. The van der Waals surface area contributed by atoms with Crippen molar-refractivity contribution in [2.45, 2.75) is 25.3 Å². The third-order valence-electron chi connectivity index (χ3n) is 2.38. The van der Waals surface area contributed by atoms with Gasteiger partial charge in [0.25, 0.3) is 0 Å². The quantitative estimate of drug-likeness (QED) is 0.490. The van der Waals surface area contributed by atoms with Gasteiger partial charge in [0.05, 0.1) is 19.3 Å². The molecule has 1 saturated heterocycles. The van der Waals surface area contributed by atoms with E-state index >= 15 is 0 Å². The second-order valence-electron chi connectivity index (χ2n) is 3.63. The zero-order chi connectivity index (χ0) is 10.9. The number of rotatable bonds is 7. The van der Waals surface area contributed by atoms with Gasteiger partial charge in [0.2, 0.25) is 5.91 Å². The summed E-state index contributed by atoms with van der Waals surface area (Å²) in [6.45, 7) is 2.59. The molecule has 0 aliphatic carbocycles. The first-order valence-electron chi connectivity index (χ1n) is 5.54. The van der Waals surface area contributed by atoms with Crippen LogP contribution in [0, 0.1) is 0 Å². The Morgan fingerprint density at radius 1 is 1.53 bits per heavy atom. The van der Waals surface area contributed by atoms with E-state index in [0.29, 0.717) is 19.8 Å². The van der Waals surface area contributed by atoms with Gasteiger partial charge >= 0.3 is 0 Å². The summed E-state index contributed by atoms with van der Waals surface area (Å²) in [6, 6.07) is 0.00311. The van der Waals surface area contributed by atoms with Gasteiger partial charge in [0, 0.05) is 13.2 Å². The van der Waals surface area contributed by atoms with Gasteiger partial charge in [-0.15, -0.1) is 0 Å². The van der Waals surface area contributed by atoms with E-state index in [1.165, 1.54) is 0 Å². The zero-order valence-corrected chi connectivity index (χ0v) is 9.00. The average Bonchev–Trinajstić information content (AvgIpc) is 2.76. The molecule has 0 bridgehead atoms. The van der Waals surface area contributed by atoms with E-state index in [0.717, 1.165) is 25.8 Å². The number of amides is 1. The fraction of sp³-hybridized carbons (Fsp3) is 0.900. The molecule has 0 saturated carbocycles. The molecule has 1 fully saturated rings. The predicted octanol–water partition coefficient (Wildman–Crippen LogP) is -0.746. The Balaban J connectivity index is 1.92. The number of hydrogen-bond acceptors (Lipinski definition) is 4. The first-order chi connectivity index (χ1) is 7.34. The molecule has 1 aliphatic heterocycles. The monoisotopic (exact) mass is 216 g/mol. The van der Waals surface area contributed by atoms with Crippen molar-refractivity contribution >= 4 is 5.91 Å². The van der Waals surface area contributed by atoms with Gasteiger partial charge in [0.15, 0.2) is 0 Å². The molecule has 15 heavy (non-hydrogen) atoms. The van der Waals surface area contributed by atoms with Crippen molar-refractivity contribution in [3.63, 3.8) is 0 Å². The number of aliphatic hydroxyl groups excluding tert-OH is 1. The Morgan fingerprint density at radius 2 is 2.40 bits per heavy atom. The normalized spacial score (nSPS) is 20.5. The maximum atomic E-state index is 11.5. The Hall–Kier alpha value is -0.650. The molecule has 1 rings (SSSR count). The highest BCUT2D eigenvalue weighted by Gasteiger charge is 2.20. The van der Waals surface area contributed by atoms with Gasteiger partial charge in [-0.1, -0.05) is 0 Å². The van der Waals surface area contributed by atoms with Crippen LogP contribution in [0.5, 0.6) is 0 Å². The lowest BCUT2D eigenvalue weighted by molar-refractivity contribution is -0.122. The molecule has 1 amide bonds. The molecule has 0 aromatic carbocycles. The summed E-state index contributed by atoms with van der Waals surface area (Å²) in [6.07, 6.45) is 2.81. The van der Waals surface area contributed by atoms with E-state index in [1.54, 1.807) is 0 Å². The zero-order valence-electron chi connectivity index (χ0n) is 9.00. The number of ether oxygens (including phenoxy) is 1.